The Morgan fingerprint density at radius 2 is 1.90 bits per heavy atom. The highest BCUT2D eigenvalue weighted by atomic mass is 35.5. The van der Waals surface area contributed by atoms with E-state index in [0.29, 0.717) is 0 Å². The second kappa shape index (κ2) is 6.31. The second-order valence-corrected chi connectivity index (χ2v) is 6.73. The standard InChI is InChI=1S/C12H14ClNO6S/c1-14(2)10(15)6-21(18,19)9-5-7(13)4-8(12(16)17)11(9)20-3/h4-5H,6H2,1-3H3,(H,16,17). The molecule has 0 aliphatic carbocycles. The van der Waals surface area contributed by atoms with Gasteiger partial charge in [0.25, 0.3) is 0 Å². The SMILES string of the molecule is COc1c(C(=O)O)cc(Cl)cc1S(=O)(=O)CC(=O)N(C)C. The van der Waals surface area contributed by atoms with Crippen molar-refractivity contribution in [1.29, 1.82) is 0 Å². The molecule has 1 rings (SSSR count). The fourth-order valence-corrected chi connectivity index (χ4v) is 3.34. The third kappa shape index (κ3) is 3.85. The zero-order valence-electron chi connectivity index (χ0n) is 11.6. The summed E-state index contributed by atoms with van der Waals surface area (Å²) in [6.07, 6.45) is 0. The van der Waals surface area contributed by atoms with Crippen LogP contribution < -0.4 is 4.74 Å². The third-order valence-electron chi connectivity index (χ3n) is 2.60. The molecule has 0 saturated carbocycles. The lowest BCUT2D eigenvalue weighted by Gasteiger charge is -2.14. The van der Waals surface area contributed by atoms with Gasteiger partial charge in [0.05, 0.1) is 7.11 Å². The number of ether oxygens (including phenoxy) is 1. The molecule has 0 radical (unpaired) electrons. The maximum absolute atomic E-state index is 12.3. The summed E-state index contributed by atoms with van der Waals surface area (Å²) < 4.78 is 29.4. The summed E-state index contributed by atoms with van der Waals surface area (Å²) in [4.78, 5) is 23.4. The molecule has 21 heavy (non-hydrogen) atoms. The van der Waals surface area contributed by atoms with Gasteiger partial charge in [-0.2, -0.15) is 0 Å². The molecule has 0 unspecified atom stereocenters. The number of halogens is 1. The number of carbonyl (C=O) groups is 2. The predicted octanol–water partition coefficient (Wildman–Crippen LogP) is 0.909. The highest BCUT2D eigenvalue weighted by molar-refractivity contribution is 7.92. The number of benzene rings is 1. The van der Waals surface area contributed by atoms with Gasteiger partial charge in [-0.05, 0) is 12.1 Å². The summed E-state index contributed by atoms with van der Waals surface area (Å²) in [6, 6.07) is 2.14. The number of carboxylic acids is 1. The molecule has 116 valence electrons. The molecular weight excluding hydrogens is 322 g/mol. The molecule has 1 aromatic carbocycles. The van der Waals surface area contributed by atoms with Gasteiger partial charge >= 0.3 is 5.97 Å². The first-order valence-electron chi connectivity index (χ1n) is 5.64. The molecule has 0 heterocycles. The molecule has 7 nitrogen and oxygen atoms in total. The lowest BCUT2D eigenvalue weighted by atomic mass is 10.2. The van der Waals surface area contributed by atoms with Crippen molar-refractivity contribution in [2.75, 3.05) is 27.0 Å². The first-order chi connectivity index (χ1) is 9.60. The smallest absolute Gasteiger partial charge is 0.339 e. The zero-order chi connectivity index (χ0) is 16.4. The van der Waals surface area contributed by atoms with Gasteiger partial charge in [-0.3, -0.25) is 4.79 Å². The first-order valence-corrected chi connectivity index (χ1v) is 7.67. The van der Waals surface area contributed by atoms with E-state index < -0.39 is 32.4 Å². The van der Waals surface area contributed by atoms with Gasteiger partial charge in [-0.25, -0.2) is 13.2 Å². The van der Waals surface area contributed by atoms with E-state index in [0.717, 1.165) is 24.1 Å². The molecule has 0 aliphatic rings. The Labute approximate surface area is 127 Å². The van der Waals surface area contributed by atoms with Crippen molar-refractivity contribution < 1.29 is 27.9 Å². The van der Waals surface area contributed by atoms with Crippen LogP contribution in [-0.4, -0.2) is 57.3 Å². The van der Waals surface area contributed by atoms with Crippen molar-refractivity contribution in [3.8, 4) is 5.75 Å². The molecule has 0 spiro atoms. The molecule has 0 saturated heterocycles. The van der Waals surface area contributed by atoms with Gasteiger partial charge < -0.3 is 14.7 Å². The van der Waals surface area contributed by atoms with Crippen molar-refractivity contribution in [3.05, 3.63) is 22.7 Å². The van der Waals surface area contributed by atoms with E-state index in [9.17, 15) is 18.0 Å². The summed E-state index contributed by atoms with van der Waals surface area (Å²) in [6.45, 7) is 0. The summed E-state index contributed by atoms with van der Waals surface area (Å²) >= 11 is 5.75. The lowest BCUT2D eigenvalue weighted by molar-refractivity contribution is -0.125. The number of rotatable bonds is 5. The fraction of sp³-hybridized carbons (Fsp3) is 0.333. The van der Waals surface area contributed by atoms with Crippen LogP contribution in [0.5, 0.6) is 5.75 Å². The molecular formula is C12H14ClNO6S. The number of hydrogen-bond acceptors (Lipinski definition) is 5. The summed E-state index contributed by atoms with van der Waals surface area (Å²) in [5.41, 5.74) is -0.388. The van der Waals surface area contributed by atoms with Crippen molar-refractivity contribution in [1.82, 2.24) is 4.90 Å². The molecule has 1 N–H and O–H groups in total. The van der Waals surface area contributed by atoms with E-state index in [1.54, 1.807) is 0 Å². The summed E-state index contributed by atoms with van der Waals surface area (Å²) in [5.74, 6) is -3.19. The molecule has 0 aromatic heterocycles. The third-order valence-corrected chi connectivity index (χ3v) is 4.42. The number of aromatic carboxylic acids is 1. The topological polar surface area (TPSA) is 101 Å². The second-order valence-electron chi connectivity index (χ2n) is 4.34. The van der Waals surface area contributed by atoms with Crippen LogP contribution in [0.3, 0.4) is 0 Å². The number of amides is 1. The fourth-order valence-electron chi connectivity index (χ4n) is 1.54. The molecule has 1 amide bonds. The van der Waals surface area contributed by atoms with Crippen molar-refractivity contribution in [2.45, 2.75) is 4.90 Å². The Morgan fingerprint density at radius 3 is 2.33 bits per heavy atom. The minimum atomic E-state index is -4.09. The number of sulfone groups is 1. The van der Waals surface area contributed by atoms with Crippen molar-refractivity contribution in [2.24, 2.45) is 0 Å². The number of methoxy groups -OCH3 is 1. The highest BCUT2D eigenvalue weighted by Crippen LogP contribution is 2.32. The van der Waals surface area contributed by atoms with Crippen molar-refractivity contribution in [3.63, 3.8) is 0 Å². The average molecular weight is 336 g/mol. The van der Waals surface area contributed by atoms with Crippen LogP contribution in [-0.2, 0) is 14.6 Å². The van der Waals surface area contributed by atoms with Crippen LogP contribution in [0.2, 0.25) is 5.02 Å². The van der Waals surface area contributed by atoms with E-state index in [2.05, 4.69) is 0 Å². The Hall–Kier alpha value is -1.80. The number of hydrogen-bond donors (Lipinski definition) is 1. The summed E-state index contributed by atoms with van der Waals surface area (Å²) in [5, 5.41) is 8.99. The monoisotopic (exact) mass is 335 g/mol. The highest BCUT2D eigenvalue weighted by Gasteiger charge is 2.28. The van der Waals surface area contributed by atoms with Crippen molar-refractivity contribution >= 4 is 33.3 Å². The van der Waals surface area contributed by atoms with Crippen LogP contribution in [0, 0.1) is 0 Å². The van der Waals surface area contributed by atoms with Crippen LogP contribution in [0.4, 0.5) is 0 Å². The van der Waals surface area contributed by atoms with Crippen LogP contribution in [0.25, 0.3) is 0 Å². The number of nitrogens with zero attached hydrogens (tertiary/aromatic N) is 1. The van der Waals surface area contributed by atoms with Gasteiger partial charge in [0, 0.05) is 19.1 Å². The Balaban J connectivity index is 3.48. The maximum Gasteiger partial charge on any atom is 0.339 e. The molecule has 0 bridgehead atoms. The lowest BCUT2D eigenvalue weighted by Crippen LogP contribution is -2.29. The largest absolute Gasteiger partial charge is 0.494 e. The molecule has 9 heteroatoms. The summed E-state index contributed by atoms with van der Waals surface area (Å²) in [7, 11) is -0.124. The van der Waals surface area contributed by atoms with E-state index in [1.807, 2.05) is 0 Å². The Bertz CT molecular complexity index is 683. The zero-order valence-corrected chi connectivity index (χ0v) is 13.2. The maximum atomic E-state index is 12.3. The number of carboxylic acid groups (broad SMARTS) is 1. The Kier molecular flexibility index (Phi) is 5.19. The quantitative estimate of drug-likeness (QED) is 0.858. The van der Waals surface area contributed by atoms with Crippen LogP contribution in [0.15, 0.2) is 17.0 Å². The number of carbonyl (C=O) groups excluding carboxylic acids is 1. The van der Waals surface area contributed by atoms with Gasteiger partial charge in [0.1, 0.15) is 16.2 Å². The van der Waals surface area contributed by atoms with Gasteiger partial charge in [-0.1, -0.05) is 11.6 Å². The van der Waals surface area contributed by atoms with E-state index >= 15 is 0 Å². The van der Waals surface area contributed by atoms with Gasteiger partial charge in [0.15, 0.2) is 15.6 Å². The minimum Gasteiger partial charge on any atom is -0.494 e. The first kappa shape index (κ1) is 17.3. The normalized spacial score (nSPS) is 11.0. The van der Waals surface area contributed by atoms with Crippen LogP contribution >= 0.6 is 11.6 Å². The van der Waals surface area contributed by atoms with E-state index in [4.69, 9.17) is 21.4 Å². The predicted molar refractivity (Wildman–Crippen MR) is 75.7 cm³/mol. The van der Waals surface area contributed by atoms with Gasteiger partial charge in [-0.15, -0.1) is 0 Å². The minimum absolute atomic E-state index is 0.0796. The Morgan fingerprint density at radius 1 is 1.33 bits per heavy atom. The molecule has 0 fully saturated rings. The van der Waals surface area contributed by atoms with Crippen LogP contribution in [0.1, 0.15) is 10.4 Å². The molecule has 1 aromatic rings. The van der Waals surface area contributed by atoms with Gasteiger partial charge in [0.2, 0.25) is 5.91 Å². The molecule has 0 atom stereocenters. The average Bonchev–Trinajstić information content (AvgIpc) is 2.36. The van der Waals surface area contributed by atoms with E-state index in [-0.39, 0.29) is 16.3 Å². The van der Waals surface area contributed by atoms with E-state index in [1.165, 1.54) is 14.1 Å². The molecule has 0 aliphatic heterocycles.